The number of hydrogen-bond donors (Lipinski definition) is 4. The lowest BCUT2D eigenvalue weighted by molar-refractivity contribution is 0.194. The van der Waals surface area contributed by atoms with Crippen molar-refractivity contribution >= 4 is 39.8 Å². The summed E-state index contributed by atoms with van der Waals surface area (Å²) in [4.78, 5) is 14.3. The lowest BCUT2D eigenvalue weighted by Gasteiger charge is -2.08. The van der Waals surface area contributed by atoms with Gasteiger partial charge in [0.15, 0.2) is 5.13 Å². The molecule has 0 radical (unpaired) electrons. The van der Waals surface area contributed by atoms with Crippen molar-refractivity contribution in [1.29, 1.82) is 0 Å². The third-order valence-corrected chi connectivity index (χ3v) is 3.28. The van der Waals surface area contributed by atoms with Crippen LogP contribution >= 0.6 is 22.9 Å². The second-order valence-electron chi connectivity index (χ2n) is 3.61. The van der Waals surface area contributed by atoms with Crippen molar-refractivity contribution in [3.8, 4) is 5.88 Å². The Morgan fingerprint density at radius 3 is 2.89 bits per heavy atom. The van der Waals surface area contributed by atoms with Crippen molar-refractivity contribution in [2.75, 3.05) is 5.32 Å². The fraction of sp³-hybridized carbons (Fsp3) is 0.0909. The smallest absolute Gasteiger partial charge is 0.404 e. The van der Waals surface area contributed by atoms with E-state index in [0.29, 0.717) is 15.8 Å². The molecule has 100 valence electrons. The van der Waals surface area contributed by atoms with Gasteiger partial charge in [-0.3, -0.25) is 0 Å². The predicted molar refractivity (Wildman–Crippen MR) is 73.4 cm³/mol. The van der Waals surface area contributed by atoms with E-state index < -0.39 is 6.09 Å². The molecule has 0 atom stereocenters. The normalized spacial score (nSPS) is 10.2. The maximum absolute atomic E-state index is 10.4. The first-order chi connectivity index (χ1) is 9.04. The molecule has 0 saturated carbocycles. The Kier molecular flexibility index (Phi) is 4.08. The Morgan fingerprint density at radius 1 is 1.47 bits per heavy atom. The van der Waals surface area contributed by atoms with Crippen molar-refractivity contribution in [2.45, 2.75) is 6.54 Å². The van der Waals surface area contributed by atoms with E-state index in [1.807, 2.05) is 0 Å². The van der Waals surface area contributed by atoms with Gasteiger partial charge in [0.2, 0.25) is 5.88 Å². The van der Waals surface area contributed by atoms with E-state index >= 15 is 0 Å². The van der Waals surface area contributed by atoms with Gasteiger partial charge in [0.1, 0.15) is 0 Å². The first kappa shape index (κ1) is 13.4. The van der Waals surface area contributed by atoms with Crippen molar-refractivity contribution in [1.82, 2.24) is 10.3 Å². The van der Waals surface area contributed by atoms with E-state index in [9.17, 15) is 4.79 Å². The fourth-order valence-corrected chi connectivity index (χ4v) is 2.14. The summed E-state index contributed by atoms with van der Waals surface area (Å²) in [6.07, 6.45) is -1.09. The molecule has 1 aromatic carbocycles. The Balaban J connectivity index is 2.14. The molecule has 1 heterocycles. The quantitative estimate of drug-likeness (QED) is 0.696. The van der Waals surface area contributed by atoms with E-state index in [-0.39, 0.29) is 12.4 Å². The SMILES string of the molecule is O=C(O)NCc1ccc(Cl)c(Nc2nc(O)cs2)c1. The highest BCUT2D eigenvalue weighted by Crippen LogP contribution is 2.29. The van der Waals surface area contributed by atoms with Crippen LogP contribution in [-0.4, -0.2) is 21.3 Å². The number of halogens is 1. The fourth-order valence-electron chi connectivity index (χ4n) is 1.39. The number of nitrogens with zero attached hydrogens (tertiary/aromatic N) is 1. The number of thiazole rings is 1. The topological polar surface area (TPSA) is 94.5 Å². The highest BCUT2D eigenvalue weighted by atomic mass is 35.5. The maximum Gasteiger partial charge on any atom is 0.404 e. The molecule has 0 fully saturated rings. The van der Waals surface area contributed by atoms with Gasteiger partial charge >= 0.3 is 6.09 Å². The van der Waals surface area contributed by atoms with E-state index in [1.165, 1.54) is 16.7 Å². The number of aromatic nitrogens is 1. The maximum atomic E-state index is 10.4. The summed E-state index contributed by atoms with van der Waals surface area (Å²) < 4.78 is 0. The molecule has 0 bridgehead atoms. The first-order valence-electron chi connectivity index (χ1n) is 5.21. The lowest BCUT2D eigenvalue weighted by atomic mass is 10.2. The molecule has 6 nitrogen and oxygen atoms in total. The van der Waals surface area contributed by atoms with Crippen LogP contribution in [0.25, 0.3) is 0 Å². The highest BCUT2D eigenvalue weighted by Gasteiger charge is 2.06. The summed E-state index contributed by atoms with van der Waals surface area (Å²) in [7, 11) is 0. The van der Waals surface area contributed by atoms with Gasteiger partial charge in [0, 0.05) is 6.54 Å². The molecule has 2 aromatic rings. The highest BCUT2D eigenvalue weighted by molar-refractivity contribution is 7.14. The summed E-state index contributed by atoms with van der Waals surface area (Å²) in [6, 6.07) is 5.11. The molecule has 0 aliphatic rings. The van der Waals surface area contributed by atoms with Gasteiger partial charge in [-0.1, -0.05) is 17.7 Å². The van der Waals surface area contributed by atoms with Crippen molar-refractivity contribution < 1.29 is 15.0 Å². The number of benzene rings is 1. The van der Waals surface area contributed by atoms with Crippen molar-refractivity contribution in [2.24, 2.45) is 0 Å². The lowest BCUT2D eigenvalue weighted by Crippen LogP contribution is -2.19. The summed E-state index contributed by atoms with van der Waals surface area (Å²) in [5.41, 5.74) is 1.36. The Bertz CT molecular complexity index is 603. The number of aromatic hydroxyl groups is 1. The summed E-state index contributed by atoms with van der Waals surface area (Å²) in [5, 5.41) is 25.4. The molecule has 19 heavy (non-hydrogen) atoms. The minimum atomic E-state index is -1.09. The van der Waals surface area contributed by atoms with Crippen LogP contribution in [0.1, 0.15) is 5.56 Å². The largest absolute Gasteiger partial charge is 0.493 e. The third kappa shape index (κ3) is 3.73. The Labute approximate surface area is 117 Å². The van der Waals surface area contributed by atoms with Crippen LogP contribution < -0.4 is 10.6 Å². The number of rotatable bonds is 4. The number of carbonyl (C=O) groups is 1. The van der Waals surface area contributed by atoms with Crippen LogP contribution in [-0.2, 0) is 6.54 Å². The molecule has 0 spiro atoms. The third-order valence-electron chi connectivity index (χ3n) is 2.21. The number of nitrogens with one attached hydrogen (secondary N) is 2. The van der Waals surface area contributed by atoms with Gasteiger partial charge in [-0.2, -0.15) is 4.98 Å². The number of anilines is 2. The molecule has 1 amide bonds. The van der Waals surface area contributed by atoms with Gasteiger partial charge in [-0.25, -0.2) is 4.79 Å². The van der Waals surface area contributed by atoms with Crippen molar-refractivity contribution in [3.05, 3.63) is 34.2 Å². The van der Waals surface area contributed by atoms with Gasteiger partial charge in [0.05, 0.1) is 16.1 Å². The van der Waals surface area contributed by atoms with E-state index in [2.05, 4.69) is 15.6 Å². The molecular formula is C11H10ClN3O3S. The number of amides is 1. The van der Waals surface area contributed by atoms with Crippen LogP contribution in [0, 0.1) is 0 Å². The number of carboxylic acid groups (broad SMARTS) is 1. The monoisotopic (exact) mass is 299 g/mol. The zero-order chi connectivity index (χ0) is 13.8. The second kappa shape index (κ2) is 5.77. The van der Waals surface area contributed by atoms with Crippen LogP contribution in [0.3, 0.4) is 0 Å². The zero-order valence-corrected chi connectivity index (χ0v) is 11.1. The summed E-state index contributed by atoms with van der Waals surface area (Å²) in [6.45, 7) is 0.185. The first-order valence-corrected chi connectivity index (χ1v) is 6.47. The molecule has 1 aromatic heterocycles. The molecular weight excluding hydrogens is 290 g/mol. The second-order valence-corrected chi connectivity index (χ2v) is 4.87. The zero-order valence-electron chi connectivity index (χ0n) is 9.55. The molecule has 0 saturated heterocycles. The van der Waals surface area contributed by atoms with Gasteiger partial charge in [-0.05, 0) is 17.7 Å². The van der Waals surface area contributed by atoms with Gasteiger partial charge in [0.25, 0.3) is 0 Å². The summed E-state index contributed by atoms with van der Waals surface area (Å²) in [5.74, 6) is -0.0627. The van der Waals surface area contributed by atoms with Crippen molar-refractivity contribution in [3.63, 3.8) is 0 Å². The van der Waals surface area contributed by atoms with E-state index in [1.54, 1.807) is 18.2 Å². The van der Waals surface area contributed by atoms with E-state index in [0.717, 1.165) is 5.56 Å². The summed E-state index contributed by atoms with van der Waals surface area (Å²) >= 11 is 7.27. The van der Waals surface area contributed by atoms with Crippen LogP contribution in [0.15, 0.2) is 23.6 Å². The standard InChI is InChI=1S/C11H10ClN3O3S/c12-7-2-1-6(4-13-11(17)18)3-8(7)14-10-15-9(16)5-19-10/h1-3,5,13,16H,4H2,(H,14,15)(H,17,18). The average Bonchev–Trinajstić information content (AvgIpc) is 2.76. The molecule has 0 unspecified atom stereocenters. The molecule has 0 aliphatic heterocycles. The molecule has 8 heteroatoms. The van der Waals surface area contributed by atoms with Gasteiger partial charge < -0.3 is 20.8 Å². The molecule has 4 N–H and O–H groups in total. The van der Waals surface area contributed by atoms with Crippen LogP contribution in [0.4, 0.5) is 15.6 Å². The average molecular weight is 300 g/mol. The number of hydrogen-bond acceptors (Lipinski definition) is 5. The van der Waals surface area contributed by atoms with E-state index in [4.69, 9.17) is 21.8 Å². The minimum Gasteiger partial charge on any atom is -0.493 e. The Morgan fingerprint density at radius 2 is 2.26 bits per heavy atom. The van der Waals surface area contributed by atoms with Crippen LogP contribution in [0.5, 0.6) is 5.88 Å². The minimum absolute atomic E-state index is 0.0627. The van der Waals surface area contributed by atoms with Gasteiger partial charge in [-0.15, -0.1) is 11.3 Å². The molecule has 0 aliphatic carbocycles. The Hall–Kier alpha value is -1.99. The van der Waals surface area contributed by atoms with Crippen LogP contribution in [0.2, 0.25) is 5.02 Å². The predicted octanol–water partition coefficient (Wildman–Crippen LogP) is 3.01. The molecule has 2 rings (SSSR count).